The third-order valence-corrected chi connectivity index (χ3v) is 4.90. The van der Waals surface area contributed by atoms with Crippen LogP contribution in [0.25, 0.3) is 10.9 Å². The van der Waals surface area contributed by atoms with E-state index in [0.29, 0.717) is 11.6 Å². The number of nitrogens with one attached hydrogen (secondary N) is 2. The number of aryl methyl sites for hydroxylation is 1. The molecule has 1 aliphatic rings. The molecule has 3 rings (SSSR count). The highest BCUT2D eigenvalue weighted by atomic mass is 16.5. The fourth-order valence-electron chi connectivity index (χ4n) is 3.47. The van der Waals surface area contributed by atoms with Crippen molar-refractivity contribution >= 4 is 22.7 Å². The van der Waals surface area contributed by atoms with Crippen LogP contribution in [0, 0.1) is 0 Å². The van der Waals surface area contributed by atoms with Gasteiger partial charge in [-0.05, 0) is 38.3 Å². The summed E-state index contributed by atoms with van der Waals surface area (Å²) in [6.45, 7) is 3.59. The highest BCUT2D eigenvalue weighted by molar-refractivity contribution is 6.00. The summed E-state index contributed by atoms with van der Waals surface area (Å²) in [5.41, 5.74) is 4.03. The first-order valence-electron chi connectivity index (χ1n) is 8.81. The normalized spacial score (nSPS) is 16.1. The van der Waals surface area contributed by atoms with Gasteiger partial charge >= 0.3 is 0 Å². The zero-order valence-electron chi connectivity index (χ0n) is 14.6. The van der Waals surface area contributed by atoms with Crippen molar-refractivity contribution in [2.75, 3.05) is 0 Å². The number of amides is 2. The maximum atomic E-state index is 12.4. The molecular weight excluding hydrogens is 320 g/mol. The topological polar surface area (TPSA) is 96.2 Å². The molecule has 1 atom stereocenters. The molecule has 7 nitrogen and oxygen atoms in total. The second-order valence-corrected chi connectivity index (χ2v) is 6.59. The Morgan fingerprint density at radius 1 is 1.36 bits per heavy atom. The second-order valence-electron chi connectivity index (χ2n) is 6.59. The third-order valence-electron chi connectivity index (χ3n) is 4.90. The highest BCUT2D eigenvalue weighted by Gasteiger charge is 2.22. The summed E-state index contributed by atoms with van der Waals surface area (Å²) in [6, 6.07) is 5.09. The third kappa shape index (κ3) is 3.37. The molecule has 25 heavy (non-hydrogen) atoms. The van der Waals surface area contributed by atoms with Crippen LogP contribution >= 0.6 is 0 Å². The molecule has 1 aromatic heterocycles. The zero-order valence-corrected chi connectivity index (χ0v) is 14.6. The first-order chi connectivity index (χ1) is 12.0. The minimum atomic E-state index is -0.820. The van der Waals surface area contributed by atoms with Gasteiger partial charge < -0.3 is 5.32 Å². The van der Waals surface area contributed by atoms with E-state index in [1.54, 1.807) is 11.5 Å². The lowest BCUT2D eigenvalue weighted by Gasteiger charge is -2.13. The Labute approximate surface area is 146 Å². The molecule has 0 unspecified atom stereocenters. The van der Waals surface area contributed by atoms with Gasteiger partial charge in [0.15, 0.2) is 0 Å². The van der Waals surface area contributed by atoms with Crippen LogP contribution in [0.4, 0.5) is 0 Å². The second kappa shape index (κ2) is 7.23. The standard InChI is InChI=1S/C18H24N4O3/c1-3-15-14-9-8-12(18(24)19-11(2)17(23)21-25)10-16(14)22(20-15)13-6-4-5-7-13/h8-11,13,25H,3-7H2,1-2H3,(H,19,24)(H,21,23)/t11-/m1/s1. The maximum Gasteiger partial charge on any atom is 0.265 e. The molecule has 0 saturated heterocycles. The summed E-state index contributed by atoms with van der Waals surface area (Å²) < 4.78 is 2.07. The van der Waals surface area contributed by atoms with Gasteiger partial charge in [-0.15, -0.1) is 0 Å². The minimum absolute atomic E-state index is 0.352. The predicted molar refractivity (Wildman–Crippen MR) is 93.5 cm³/mol. The van der Waals surface area contributed by atoms with Crippen molar-refractivity contribution < 1.29 is 14.8 Å². The molecule has 0 radical (unpaired) electrons. The Bertz CT molecular complexity index is 793. The number of hydroxylamine groups is 1. The molecule has 0 spiro atoms. The van der Waals surface area contributed by atoms with E-state index in [-0.39, 0.29) is 5.91 Å². The van der Waals surface area contributed by atoms with Gasteiger partial charge in [0, 0.05) is 10.9 Å². The van der Waals surface area contributed by atoms with Crippen molar-refractivity contribution in [1.29, 1.82) is 0 Å². The number of hydrogen-bond acceptors (Lipinski definition) is 4. The number of aromatic nitrogens is 2. The van der Waals surface area contributed by atoms with Crippen LogP contribution in [-0.2, 0) is 11.2 Å². The van der Waals surface area contributed by atoms with Gasteiger partial charge in [0.25, 0.3) is 11.8 Å². The quantitative estimate of drug-likeness (QED) is 0.573. The molecule has 134 valence electrons. The Hall–Kier alpha value is -2.41. The van der Waals surface area contributed by atoms with Crippen molar-refractivity contribution in [3.05, 3.63) is 29.5 Å². The summed E-state index contributed by atoms with van der Waals surface area (Å²) in [7, 11) is 0. The molecule has 0 bridgehead atoms. The Kier molecular flexibility index (Phi) is 5.03. The van der Waals surface area contributed by atoms with E-state index in [2.05, 4.69) is 16.9 Å². The average Bonchev–Trinajstić information content (AvgIpc) is 3.27. The molecule has 2 aromatic rings. The van der Waals surface area contributed by atoms with E-state index < -0.39 is 11.9 Å². The van der Waals surface area contributed by atoms with Gasteiger partial charge in [-0.1, -0.05) is 25.8 Å². The summed E-state index contributed by atoms with van der Waals surface area (Å²) in [6.07, 6.45) is 5.49. The van der Waals surface area contributed by atoms with Crippen molar-refractivity contribution in [1.82, 2.24) is 20.6 Å². The molecule has 1 saturated carbocycles. The fraction of sp³-hybridized carbons (Fsp3) is 0.500. The number of carbonyl (C=O) groups excluding carboxylic acids is 2. The number of rotatable bonds is 5. The van der Waals surface area contributed by atoms with Crippen LogP contribution in [0.3, 0.4) is 0 Å². The number of carbonyl (C=O) groups is 2. The van der Waals surface area contributed by atoms with Crippen LogP contribution in [0.2, 0.25) is 0 Å². The monoisotopic (exact) mass is 344 g/mol. The van der Waals surface area contributed by atoms with E-state index in [9.17, 15) is 9.59 Å². The number of hydrogen-bond donors (Lipinski definition) is 3. The van der Waals surface area contributed by atoms with E-state index in [1.807, 2.05) is 12.1 Å². The van der Waals surface area contributed by atoms with Crippen LogP contribution in [0.1, 0.15) is 61.6 Å². The predicted octanol–water partition coefficient (Wildman–Crippen LogP) is 2.34. The molecule has 1 aliphatic carbocycles. The Morgan fingerprint density at radius 2 is 2.08 bits per heavy atom. The van der Waals surface area contributed by atoms with Gasteiger partial charge in [0.1, 0.15) is 6.04 Å². The molecule has 7 heteroatoms. The van der Waals surface area contributed by atoms with E-state index in [0.717, 1.165) is 35.9 Å². The minimum Gasteiger partial charge on any atom is -0.340 e. The Balaban J connectivity index is 1.94. The average molecular weight is 344 g/mol. The molecule has 1 fully saturated rings. The molecule has 0 aliphatic heterocycles. The van der Waals surface area contributed by atoms with Crippen molar-refractivity contribution in [3.8, 4) is 0 Å². The lowest BCUT2D eigenvalue weighted by Crippen LogP contribution is -2.43. The van der Waals surface area contributed by atoms with Crippen LogP contribution in [0.15, 0.2) is 18.2 Å². The first kappa shape index (κ1) is 17.4. The number of nitrogens with zero attached hydrogens (tertiary/aromatic N) is 2. The molecular formula is C18H24N4O3. The lowest BCUT2D eigenvalue weighted by atomic mass is 10.1. The van der Waals surface area contributed by atoms with Crippen LogP contribution in [0.5, 0.6) is 0 Å². The summed E-state index contributed by atoms with van der Waals surface area (Å²) >= 11 is 0. The molecule has 1 heterocycles. The van der Waals surface area contributed by atoms with Crippen molar-refractivity contribution in [2.45, 2.75) is 58.0 Å². The van der Waals surface area contributed by atoms with Crippen LogP contribution in [-0.4, -0.2) is 32.8 Å². The SMILES string of the molecule is CCc1nn(C2CCCC2)c2cc(C(=O)N[C@H](C)C(=O)NO)ccc12. The number of fused-ring (bicyclic) bond motifs is 1. The molecule has 1 aromatic carbocycles. The zero-order chi connectivity index (χ0) is 18.0. The highest BCUT2D eigenvalue weighted by Crippen LogP contribution is 2.33. The van der Waals surface area contributed by atoms with Gasteiger partial charge in [0.2, 0.25) is 0 Å². The lowest BCUT2D eigenvalue weighted by molar-refractivity contribution is -0.130. The van der Waals surface area contributed by atoms with E-state index in [4.69, 9.17) is 10.3 Å². The summed E-state index contributed by atoms with van der Waals surface area (Å²) in [5.74, 6) is -1.01. The Morgan fingerprint density at radius 3 is 2.72 bits per heavy atom. The van der Waals surface area contributed by atoms with Crippen LogP contribution < -0.4 is 10.8 Å². The van der Waals surface area contributed by atoms with E-state index in [1.165, 1.54) is 19.8 Å². The van der Waals surface area contributed by atoms with Gasteiger partial charge in [0.05, 0.1) is 17.3 Å². The molecule has 2 amide bonds. The van der Waals surface area contributed by atoms with Crippen molar-refractivity contribution in [2.24, 2.45) is 0 Å². The first-order valence-corrected chi connectivity index (χ1v) is 8.81. The van der Waals surface area contributed by atoms with Gasteiger partial charge in [-0.2, -0.15) is 5.10 Å². The smallest absolute Gasteiger partial charge is 0.265 e. The van der Waals surface area contributed by atoms with Crippen molar-refractivity contribution in [3.63, 3.8) is 0 Å². The largest absolute Gasteiger partial charge is 0.340 e. The summed E-state index contributed by atoms with van der Waals surface area (Å²) in [5, 5.41) is 17.1. The fourth-order valence-corrected chi connectivity index (χ4v) is 3.47. The number of benzene rings is 1. The van der Waals surface area contributed by atoms with Gasteiger partial charge in [-0.25, -0.2) is 5.48 Å². The van der Waals surface area contributed by atoms with Gasteiger partial charge in [-0.3, -0.25) is 19.5 Å². The molecule has 3 N–H and O–H groups in total. The van der Waals surface area contributed by atoms with E-state index >= 15 is 0 Å². The maximum absolute atomic E-state index is 12.4. The summed E-state index contributed by atoms with van der Waals surface area (Å²) in [4.78, 5) is 23.8.